The molecule has 0 spiro atoms. The van der Waals surface area contributed by atoms with Gasteiger partial charge < -0.3 is 9.47 Å². The fourth-order valence-corrected chi connectivity index (χ4v) is 2.95. The Morgan fingerprint density at radius 2 is 1.80 bits per heavy atom. The first kappa shape index (κ1) is 15.7. The Balaban J connectivity index is 2.32. The van der Waals surface area contributed by atoms with E-state index in [9.17, 15) is 0 Å². The number of halogens is 1. The Kier molecular flexibility index (Phi) is 4.67. The highest BCUT2D eigenvalue weighted by atomic mass is 35.5. The number of methoxy groups -OCH3 is 2. The fourth-order valence-electron chi connectivity index (χ4n) is 2.74. The van der Waals surface area contributed by atoms with Gasteiger partial charge in [-0.2, -0.15) is 0 Å². The third-order valence-electron chi connectivity index (χ3n) is 4.25. The van der Waals surface area contributed by atoms with Gasteiger partial charge in [0.15, 0.2) is 5.82 Å². The van der Waals surface area contributed by atoms with Crippen molar-refractivity contribution in [2.24, 2.45) is 5.41 Å². The van der Waals surface area contributed by atoms with Crippen molar-refractivity contribution in [2.75, 3.05) is 14.2 Å². The Hall–Kier alpha value is -0.710. The zero-order valence-corrected chi connectivity index (χ0v) is 13.5. The first-order chi connectivity index (χ1) is 9.41. The molecule has 112 valence electrons. The van der Waals surface area contributed by atoms with Crippen molar-refractivity contribution in [1.82, 2.24) is 9.97 Å². The van der Waals surface area contributed by atoms with Crippen LogP contribution in [0.15, 0.2) is 6.07 Å². The summed E-state index contributed by atoms with van der Waals surface area (Å²) in [5.74, 6) is 0.690. The second-order valence-electron chi connectivity index (χ2n) is 6.30. The van der Waals surface area contributed by atoms with E-state index in [-0.39, 0.29) is 0 Å². The summed E-state index contributed by atoms with van der Waals surface area (Å²) in [5.41, 5.74) is 0.738. The van der Waals surface area contributed by atoms with Crippen LogP contribution in [0.2, 0.25) is 5.15 Å². The molecule has 1 aliphatic rings. The number of nitrogens with zero attached hydrogens (tertiary/aromatic N) is 2. The smallest absolute Gasteiger partial charge is 0.162 e. The molecule has 1 aromatic rings. The van der Waals surface area contributed by atoms with Crippen LogP contribution in [0.25, 0.3) is 0 Å². The van der Waals surface area contributed by atoms with Gasteiger partial charge in [0.25, 0.3) is 0 Å². The van der Waals surface area contributed by atoms with Gasteiger partial charge in [0.1, 0.15) is 10.8 Å². The lowest BCUT2D eigenvalue weighted by atomic mass is 9.70. The van der Waals surface area contributed by atoms with Gasteiger partial charge in [-0.25, -0.2) is 9.97 Å². The van der Waals surface area contributed by atoms with E-state index in [1.165, 1.54) is 0 Å². The molecule has 1 heterocycles. The van der Waals surface area contributed by atoms with Crippen molar-refractivity contribution in [3.05, 3.63) is 22.7 Å². The van der Waals surface area contributed by atoms with Gasteiger partial charge in [0.2, 0.25) is 0 Å². The second-order valence-corrected chi connectivity index (χ2v) is 6.69. The van der Waals surface area contributed by atoms with Gasteiger partial charge in [0.05, 0.1) is 12.3 Å². The maximum atomic E-state index is 6.12. The normalized spacial score (nSPS) is 20.9. The third-order valence-corrected chi connectivity index (χ3v) is 4.44. The van der Waals surface area contributed by atoms with Gasteiger partial charge in [-0.3, -0.25) is 0 Å². The maximum absolute atomic E-state index is 6.12. The van der Waals surface area contributed by atoms with Crippen LogP contribution in [0.1, 0.15) is 51.0 Å². The molecule has 0 unspecified atom stereocenters. The van der Waals surface area contributed by atoms with Crippen molar-refractivity contribution in [2.45, 2.75) is 51.7 Å². The SMILES string of the molecule is COCc1cc(Cl)nc(C2(OC)CCC(C)(C)CC2)n1. The minimum Gasteiger partial charge on any atom is -0.378 e. The number of hydrogen-bond acceptors (Lipinski definition) is 4. The summed E-state index contributed by atoms with van der Waals surface area (Å²) in [6.45, 7) is 5.02. The number of aromatic nitrogens is 2. The van der Waals surface area contributed by atoms with Crippen molar-refractivity contribution in [1.29, 1.82) is 0 Å². The van der Waals surface area contributed by atoms with Gasteiger partial charge >= 0.3 is 0 Å². The molecule has 0 bridgehead atoms. The number of rotatable bonds is 4. The quantitative estimate of drug-likeness (QED) is 0.795. The summed E-state index contributed by atoms with van der Waals surface area (Å²) in [4.78, 5) is 9.00. The molecule has 0 aromatic carbocycles. The molecule has 0 atom stereocenters. The summed E-state index contributed by atoms with van der Waals surface area (Å²) in [5, 5.41) is 0.448. The zero-order valence-electron chi connectivity index (χ0n) is 12.7. The van der Waals surface area contributed by atoms with E-state index >= 15 is 0 Å². The first-order valence-corrected chi connectivity index (χ1v) is 7.37. The highest BCUT2D eigenvalue weighted by Gasteiger charge is 2.42. The molecule has 20 heavy (non-hydrogen) atoms. The molecular weight excluding hydrogens is 276 g/mol. The predicted octanol–water partition coefficient (Wildman–Crippen LogP) is 3.72. The molecule has 2 rings (SSSR count). The Morgan fingerprint density at radius 3 is 2.35 bits per heavy atom. The molecule has 1 saturated carbocycles. The van der Waals surface area contributed by atoms with E-state index in [0.717, 1.165) is 31.4 Å². The number of ether oxygens (including phenoxy) is 2. The van der Waals surface area contributed by atoms with E-state index in [1.807, 2.05) is 0 Å². The van der Waals surface area contributed by atoms with E-state index in [1.54, 1.807) is 20.3 Å². The lowest BCUT2D eigenvalue weighted by molar-refractivity contribution is -0.0731. The monoisotopic (exact) mass is 298 g/mol. The molecule has 0 saturated heterocycles. The molecule has 0 radical (unpaired) electrons. The van der Waals surface area contributed by atoms with E-state index in [4.69, 9.17) is 21.1 Å². The lowest BCUT2D eigenvalue weighted by Crippen LogP contribution is -2.38. The molecular formula is C15H23ClN2O2. The second kappa shape index (κ2) is 5.96. The lowest BCUT2D eigenvalue weighted by Gasteiger charge is -2.41. The molecule has 1 aliphatic carbocycles. The standard InChI is InChI=1S/C15H23ClN2O2/c1-14(2)5-7-15(20-4,8-6-14)13-17-11(10-19-3)9-12(16)18-13/h9H,5-8,10H2,1-4H3. The first-order valence-electron chi connectivity index (χ1n) is 6.99. The van der Waals surface area contributed by atoms with E-state index < -0.39 is 5.60 Å². The minimum atomic E-state index is -0.414. The maximum Gasteiger partial charge on any atom is 0.162 e. The number of hydrogen-bond donors (Lipinski definition) is 0. The van der Waals surface area contributed by atoms with Crippen LogP contribution in [0, 0.1) is 5.41 Å². The van der Waals surface area contributed by atoms with Crippen LogP contribution in [0.4, 0.5) is 0 Å². The molecule has 5 heteroatoms. The van der Waals surface area contributed by atoms with Crippen molar-refractivity contribution in [3.63, 3.8) is 0 Å². The fraction of sp³-hybridized carbons (Fsp3) is 0.733. The summed E-state index contributed by atoms with van der Waals surface area (Å²) < 4.78 is 11.0. The van der Waals surface area contributed by atoms with Crippen LogP contribution in [-0.2, 0) is 21.7 Å². The van der Waals surface area contributed by atoms with Crippen LogP contribution in [0.3, 0.4) is 0 Å². The third kappa shape index (κ3) is 3.30. The average molecular weight is 299 g/mol. The molecule has 1 aromatic heterocycles. The van der Waals surface area contributed by atoms with Crippen LogP contribution in [0.5, 0.6) is 0 Å². The Labute approximate surface area is 125 Å². The van der Waals surface area contributed by atoms with Gasteiger partial charge in [0, 0.05) is 14.2 Å². The summed E-state index contributed by atoms with van der Waals surface area (Å²) in [6, 6.07) is 1.74. The van der Waals surface area contributed by atoms with Crippen molar-refractivity contribution in [3.8, 4) is 0 Å². The van der Waals surface area contributed by atoms with Crippen LogP contribution < -0.4 is 0 Å². The molecule has 1 fully saturated rings. The highest BCUT2D eigenvalue weighted by molar-refractivity contribution is 6.29. The largest absolute Gasteiger partial charge is 0.378 e. The van der Waals surface area contributed by atoms with Gasteiger partial charge in [-0.15, -0.1) is 0 Å². The Morgan fingerprint density at radius 1 is 1.15 bits per heavy atom. The van der Waals surface area contributed by atoms with E-state index in [0.29, 0.717) is 23.0 Å². The Bertz CT molecular complexity index is 467. The minimum absolute atomic E-state index is 0.357. The summed E-state index contributed by atoms with van der Waals surface area (Å²) in [7, 11) is 3.38. The molecule has 0 N–H and O–H groups in total. The molecule has 4 nitrogen and oxygen atoms in total. The average Bonchev–Trinajstić information content (AvgIpc) is 2.39. The molecule has 0 aliphatic heterocycles. The highest BCUT2D eigenvalue weighted by Crippen LogP contribution is 2.46. The van der Waals surface area contributed by atoms with Crippen molar-refractivity contribution >= 4 is 11.6 Å². The molecule has 0 amide bonds. The zero-order chi connectivity index (χ0) is 14.8. The van der Waals surface area contributed by atoms with Crippen molar-refractivity contribution < 1.29 is 9.47 Å². The van der Waals surface area contributed by atoms with Gasteiger partial charge in [-0.05, 0) is 37.2 Å². The predicted molar refractivity (Wildman–Crippen MR) is 78.7 cm³/mol. The summed E-state index contributed by atoms with van der Waals surface area (Å²) in [6.07, 6.45) is 4.03. The van der Waals surface area contributed by atoms with E-state index in [2.05, 4.69) is 23.8 Å². The summed E-state index contributed by atoms with van der Waals surface area (Å²) >= 11 is 6.12. The van der Waals surface area contributed by atoms with Crippen LogP contribution in [-0.4, -0.2) is 24.2 Å². The van der Waals surface area contributed by atoms with Crippen LogP contribution >= 0.6 is 11.6 Å². The van der Waals surface area contributed by atoms with Gasteiger partial charge in [-0.1, -0.05) is 25.4 Å². The topological polar surface area (TPSA) is 44.2 Å².